The zero-order valence-corrected chi connectivity index (χ0v) is 13.2. The van der Waals surface area contributed by atoms with Gasteiger partial charge in [-0.25, -0.2) is 5.01 Å². The predicted octanol–water partition coefficient (Wildman–Crippen LogP) is 2.67. The van der Waals surface area contributed by atoms with Crippen molar-refractivity contribution in [3.63, 3.8) is 0 Å². The van der Waals surface area contributed by atoms with Gasteiger partial charge in [-0.1, -0.05) is 41.9 Å². The van der Waals surface area contributed by atoms with Gasteiger partial charge < -0.3 is 10.2 Å². The second-order valence-electron chi connectivity index (χ2n) is 5.28. The molecule has 0 radical (unpaired) electrons. The highest BCUT2D eigenvalue weighted by atomic mass is 35.5. The van der Waals surface area contributed by atoms with E-state index in [9.17, 15) is 10.2 Å². The molecule has 0 saturated carbocycles. The Hall–Kier alpha value is -0.560. The smallest absolute Gasteiger partial charge is 0.154 e. The molecule has 0 spiro atoms. The third kappa shape index (κ3) is 3.28. The summed E-state index contributed by atoms with van der Waals surface area (Å²) in [5, 5.41) is 25.1. The van der Waals surface area contributed by atoms with Crippen LogP contribution in [-0.4, -0.2) is 45.8 Å². The molecule has 21 heavy (non-hydrogen) atoms. The molecular formula is C15H19ClN2O2S. The number of hydrogen-bond donors (Lipinski definition) is 2. The van der Waals surface area contributed by atoms with Crippen LogP contribution in [0, 0.1) is 0 Å². The van der Waals surface area contributed by atoms with Crippen LogP contribution >= 0.6 is 23.4 Å². The lowest BCUT2D eigenvalue weighted by Crippen LogP contribution is -2.52. The van der Waals surface area contributed by atoms with E-state index in [1.54, 1.807) is 11.1 Å². The molecule has 4 nitrogen and oxygen atoms in total. The maximum Gasteiger partial charge on any atom is 0.154 e. The summed E-state index contributed by atoms with van der Waals surface area (Å²) in [6.07, 6.45) is 3.53. The van der Waals surface area contributed by atoms with E-state index >= 15 is 0 Å². The van der Waals surface area contributed by atoms with Crippen molar-refractivity contribution in [2.45, 2.75) is 36.6 Å². The fourth-order valence-corrected chi connectivity index (χ4v) is 3.98. The standard InChI is InChI=1S/C15H19ClN2O2S/c16-11-6-2-3-7-12(11)21-13-10-14(19)18(15(13)20)17-8-4-1-5-9-17/h2-3,6-7,10,14-15,19-20H,1,4-5,8-9H2. The van der Waals surface area contributed by atoms with Crippen molar-refractivity contribution in [1.29, 1.82) is 0 Å². The monoisotopic (exact) mass is 326 g/mol. The van der Waals surface area contributed by atoms with Gasteiger partial charge in [-0.05, 0) is 31.1 Å². The lowest BCUT2D eigenvalue weighted by molar-refractivity contribution is -0.181. The van der Waals surface area contributed by atoms with Crippen LogP contribution in [0.5, 0.6) is 0 Å². The van der Waals surface area contributed by atoms with Gasteiger partial charge in [0.05, 0.1) is 5.02 Å². The molecule has 6 heteroatoms. The minimum absolute atomic E-state index is 0.654. The topological polar surface area (TPSA) is 46.9 Å². The van der Waals surface area contributed by atoms with E-state index in [1.165, 1.54) is 18.2 Å². The Morgan fingerprint density at radius 2 is 1.81 bits per heavy atom. The SMILES string of the molecule is OC1C=C(Sc2ccccc2Cl)C(O)N1N1CCCCC1. The molecule has 0 amide bonds. The number of aliphatic hydroxyl groups excluding tert-OH is 2. The van der Waals surface area contributed by atoms with E-state index in [2.05, 4.69) is 5.01 Å². The number of piperidine rings is 1. The Morgan fingerprint density at radius 3 is 2.52 bits per heavy atom. The number of rotatable bonds is 3. The zero-order chi connectivity index (χ0) is 14.8. The fourth-order valence-electron chi connectivity index (χ4n) is 2.76. The van der Waals surface area contributed by atoms with Gasteiger partial charge in [0, 0.05) is 22.9 Å². The van der Waals surface area contributed by atoms with Crippen LogP contribution in [0.2, 0.25) is 5.02 Å². The van der Waals surface area contributed by atoms with Crippen LogP contribution in [0.4, 0.5) is 0 Å². The van der Waals surface area contributed by atoms with E-state index in [4.69, 9.17) is 11.6 Å². The van der Waals surface area contributed by atoms with Gasteiger partial charge in [-0.15, -0.1) is 0 Å². The molecule has 1 aromatic rings. The number of hydrazine groups is 1. The third-order valence-electron chi connectivity index (χ3n) is 3.81. The normalized spacial score (nSPS) is 27.9. The molecule has 1 fully saturated rings. The van der Waals surface area contributed by atoms with Gasteiger partial charge in [-0.3, -0.25) is 0 Å². The molecule has 2 atom stereocenters. The lowest BCUT2D eigenvalue weighted by atomic mass is 10.2. The van der Waals surface area contributed by atoms with Gasteiger partial charge in [0.25, 0.3) is 0 Å². The summed E-state index contributed by atoms with van der Waals surface area (Å²) in [5.41, 5.74) is 0. The van der Waals surface area contributed by atoms with Crippen molar-refractivity contribution >= 4 is 23.4 Å². The Balaban J connectivity index is 1.73. The number of thioether (sulfide) groups is 1. The van der Waals surface area contributed by atoms with Gasteiger partial charge in [0.1, 0.15) is 6.23 Å². The Morgan fingerprint density at radius 1 is 1.10 bits per heavy atom. The molecule has 0 aromatic heterocycles. The summed E-state index contributed by atoms with van der Waals surface area (Å²) in [6, 6.07) is 7.52. The van der Waals surface area contributed by atoms with Crippen LogP contribution in [0.15, 0.2) is 40.1 Å². The molecule has 2 aliphatic heterocycles. The summed E-state index contributed by atoms with van der Waals surface area (Å²) in [5.74, 6) is 0. The van der Waals surface area contributed by atoms with Crippen LogP contribution < -0.4 is 0 Å². The van der Waals surface area contributed by atoms with Crippen molar-refractivity contribution in [3.05, 3.63) is 40.3 Å². The first kappa shape index (κ1) is 15.3. The number of nitrogens with zero attached hydrogens (tertiary/aromatic N) is 2. The molecule has 2 unspecified atom stereocenters. The van der Waals surface area contributed by atoms with Crippen molar-refractivity contribution in [1.82, 2.24) is 10.0 Å². The van der Waals surface area contributed by atoms with Gasteiger partial charge in [0.15, 0.2) is 6.23 Å². The highest BCUT2D eigenvalue weighted by Crippen LogP contribution is 2.39. The van der Waals surface area contributed by atoms with Crippen LogP contribution in [0.3, 0.4) is 0 Å². The highest BCUT2D eigenvalue weighted by Gasteiger charge is 2.37. The first-order chi connectivity index (χ1) is 10.2. The predicted molar refractivity (Wildman–Crippen MR) is 84.7 cm³/mol. The minimum Gasteiger partial charge on any atom is -0.373 e. The van der Waals surface area contributed by atoms with Crippen LogP contribution in [0.25, 0.3) is 0 Å². The molecule has 3 rings (SSSR count). The molecule has 2 heterocycles. The molecule has 0 bridgehead atoms. The van der Waals surface area contributed by atoms with Crippen molar-refractivity contribution in [3.8, 4) is 0 Å². The number of hydrogen-bond acceptors (Lipinski definition) is 5. The number of aliphatic hydroxyl groups is 2. The molecule has 0 aliphatic carbocycles. The van der Waals surface area contributed by atoms with Crippen LogP contribution in [-0.2, 0) is 0 Å². The van der Waals surface area contributed by atoms with E-state index in [0.29, 0.717) is 5.02 Å². The molecule has 1 saturated heterocycles. The first-order valence-corrected chi connectivity index (χ1v) is 8.39. The molecule has 2 aliphatic rings. The van der Waals surface area contributed by atoms with E-state index < -0.39 is 12.5 Å². The fraction of sp³-hybridized carbons (Fsp3) is 0.467. The second-order valence-corrected chi connectivity index (χ2v) is 6.81. The molecule has 2 N–H and O–H groups in total. The summed E-state index contributed by atoms with van der Waals surface area (Å²) in [7, 11) is 0. The van der Waals surface area contributed by atoms with Crippen molar-refractivity contribution < 1.29 is 10.2 Å². The minimum atomic E-state index is -0.806. The summed E-state index contributed by atoms with van der Waals surface area (Å²) >= 11 is 7.56. The van der Waals surface area contributed by atoms with Crippen LogP contribution in [0.1, 0.15) is 19.3 Å². The maximum absolute atomic E-state index is 10.5. The summed E-state index contributed by atoms with van der Waals surface area (Å²) < 4.78 is 0. The van der Waals surface area contributed by atoms with Crippen molar-refractivity contribution in [2.24, 2.45) is 0 Å². The quantitative estimate of drug-likeness (QED) is 0.894. The van der Waals surface area contributed by atoms with E-state index in [1.807, 2.05) is 24.3 Å². The van der Waals surface area contributed by atoms with Gasteiger partial charge >= 0.3 is 0 Å². The lowest BCUT2D eigenvalue weighted by Gasteiger charge is -2.38. The average molecular weight is 327 g/mol. The number of benzene rings is 1. The maximum atomic E-state index is 10.5. The first-order valence-electron chi connectivity index (χ1n) is 7.20. The van der Waals surface area contributed by atoms with Gasteiger partial charge in [-0.2, -0.15) is 5.01 Å². The van der Waals surface area contributed by atoms with E-state index in [0.717, 1.165) is 35.7 Å². The molecule has 114 valence electrons. The van der Waals surface area contributed by atoms with Gasteiger partial charge in [0.2, 0.25) is 0 Å². The third-order valence-corrected chi connectivity index (χ3v) is 5.41. The second kappa shape index (κ2) is 6.69. The molecule has 1 aromatic carbocycles. The summed E-state index contributed by atoms with van der Waals surface area (Å²) in [4.78, 5) is 1.61. The Kier molecular flexibility index (Phi) is 4.88. The summed E-state index contributed by atoms with van der Waals surface area (Å²) in [6.45, 7) is 1.76. The van der Waals surface area contributed by atoms with E-state index in [-0.39, 0.29) is 0 Å². The largest absolute Gasteiger partial charge is 0.373 e. The Labute approximate surface area is 134 Å². The zero-order valence-electron chi connectivity index (χ0n) is 11.7. The average Bonchev–Trinajstić information content (AvgIpc) is 2.77. The van der Waals surface area contributed by atoms with Crippen molar-refractivity contribution in [2.75, 3.05) is 13.1 Å². The molecular weight excluding hydrogens is 308 g/mol. The highest BCUT2D eigenvalue weighted by molar-refractivity contribution is 8.03. The Bertz CT molecular complexity index is 534. The number of halogens is 1.